The lowest BCUT2D eigenvalue weighted by Gasteiger charge is -2.11. The first-order valence-electron chi connectivity index (χ1n) is 5.86. The van der Waals surface area contributed by atoms with E-state index in [2.05, 4.69) is 5.10 Å². The molecule has 1 atom stereocenters. The Bertz CT molecular complexity index is 574. The van der Waals surface area contributed by atoms with Crippen LogP contribution in [0.15, 0.2) is 29.9 Å². The van der Waals surface area contributed by atoms with Gasteiger partial charge in [0.2, 0.25) is 0 Å². The van der Waals surface area contributed by atoms with Gasteiger partial charge < -0.3 is 4.74 Å². The first kappa shape index (κ1) is 13.5. The molecule has 1 unspecified atom stereocenters. The minimum absolute atomic E-state index is 0.251. The number of hydrogen-bond donors (Lipinski definition) is 0. The fraction of sp³-hybridized carbons (Fsp3) is 0.308. The maximum Gasteiger partial charge on any atom is 0.322 e. The lowest BCUT2D eigenvalue weighted by atomic mass is 9.98. The minimum Gasteiger partial charge on any atom is -0.465 e. The van der Waals surface area contributed by atoms with Crippen molar-refractivity contribution in [2.45, 2.75) is 12.8 Å². The van der Waals surface area contributed by atoms with Gasteiger partial charge in [0.1, 0.15) is 0 Å². The molecule has 100 valence electrons. The number of hydrogen-bond acceptors (Lipinski definition) is 5. The number of aromatic nitrogens is 2. The van der Waals surface area contributed by atoms with E-state index in [0.29, 0.717) is 10.4 Å². The zero-order chi connectivity index (χ0) is 13.8. The lowest BCUT2D eigenvalue weighted by molar-refractivity contribution is -0.143. The summed E-state index contributed by atoms with van der Waals surface area (Å²) in [4.78, 5) is 25.1. The van der Waals surface area contributed by atoms with Gasteiger partial charge >= 0.3 is 5.97 Å². The van der Waals surface area contributed by atoms with Crippen molar-refractivity contribution < 1.29 is 14.3 Å². The molecule has 2 heterocycles. The second kappa shape index (κ2) is 5.79. The van der Waals surface area contributed by atoms with Gasteiger partial charge in [-0.05, 0) is 18.4 Å². The summed E-state index contributed by atoms with van der Waals surface area (Å²) >= 11 is 1.37. The molecule has 0 aliphatic carbocycles. The number of carbonyl (C=O) groups is 2. The molecule has 0 radical (unpaired) electrons. The topological polar surface area (TPSA) is 61.2 Å². The van der Waals surface area contributed by atoms with E-state index in [4.69, 9.17) is 4.74 Å². The molecule has 2 aromatic rings. The zero-order valence-electron chi connectivity index (χ0n) is 10.7. The molecule has 19 heavy (non-hydrogen) atoms. The number of ether oxygens (including phenoxy) is 1. The molecule has 0 spiro atoms. The lowest BCUT2D eigenvalue weighted by Crippen LogP contribution is -2.23. The molecule has 0 saturated carbocycles. The number of thiophene rings is 1. The largest absolute Gasteiger partial charge is 0.465 e. The molecule has 0 aromatic carbocycles. The molecule has 0 N–H and O–H groups in total. The molecule has 2 aromatic heterocycles. The maximum absolute atomic E-state index is 12.4. The molecule has 0 fully saturated rings. The standard InChI is InChI=1S/C13H14N2O3S/c1-3-18-13(17)11(10-5-4-6-19-10)12(16)9-7-14-15(2)8-9/h4-8,11H,3H2,1-2H3. The SMILES string of the molecule is CCOC(=O)C(C(=O)c1cnn(C)c1)c1cccs1. The van der Waals surface area contributed by atoms with Crippen LogP contribution in [0.1, 0.15) is 28.1 Å². The van der Waals surface area contributed by atoms with E-state index in [0.717, 1.165) is 0 Å². The van der Waals surface area contributed by atoms with Crippen molar-refractivity contribution in [3.8, 4) is 0 Å². The third kappa shape index (κ3) is 2.90. The van der Waals surface area contributed by atoms with Gasteiger partial charge in [-0.1, -0.05) is 6.07 Å². The average Bonchev–Trinajstić information content (AvgIpc) is 3.01. The number of Topliss-reactive ketones (excluding diaryl/α,β-unsaturated/α-hetero) is 1. The van der Waals surface area contributed by atoms with Crippen LogP contribution in [0.4, 0.5) is 0 Å². The summed E-state index contributed by atoms with van der Waals surface area (Å²) < 4.78 is 6.53. The van der Waals surface area contributed by atoms with Gasteiger partial charge in [0.25, 0.3) is 0 Å². The maximum atomic E-state index is 12.4. The highest BCUT2D eigenvalue weighted by Gasteiger charge is 2.32. The predicted molar refractivity (Wildman–Crippen MR) is 71.2 cm³/mol. The van der Waals surface area contributed by atoms with E-state index in [-0.39, 0.29) is 12.4 Å². The van der Waals surface area contributed by atoms with Crippen LogP contribution in [0.2, 0.25) is 0 Å². The number of ketones is 1. The van der Waals surface area contributed by atoms with Gasteiger partial charge in [0, 0.05) is 18.1 Å². The molecule has 5 nitrogen and oxygen atoms in total. The molecular weight excluding hydrogens is 264 g/mol. The molecule has 0 bridgehead atoms. The van der Waals surface area contributed by atoms with Crippen LogP contribution < -0.4 is 0 Å². The number of carbonyl (C=O) groups excluding carboxylic acids is 2. The van der Waals surface area contributed by atoms with Crippen molar-refractivity contribution in [1.82, 2.24) is 9.78 Å². The molecule has 0 aliphatic rings. The highest BCUT2D eigenvalue weighted by Crippen LogP contribution is 2.26. The Morgan fingerprint density at radius 3 is 2.84 bits per heavy atom. The highest BCUT2D eigenvalue weighted by molar-refractivity contribution is 7.10. The number of rotatable bonds is 5. The van der Waals surface area contributed by atoms with E-state index in [9.17, 15) is 9.59 Å². The first-order valence-corrected chi connectivity index (χ1v) is 6.74. The average molecular weight is 278 g/mol. The van der Waals surface area contributed by atoms with E-state index in [1.54, 1.807) is 26.2 Å². The summed E-state index contributed by atoms with van der Waals surface area (Å²) in [6.07, 6.45) is 3.06. The van der Waals surface area contributed by atoms with E-state index < -0.39 is 11.9 Å². The Morgan fingerprint density at radius 2 is 2.32 bits per heavy atom. The van der Waals surface area contributed by atoms with Gasteiger partial charge in [-0.15, -0.1) is 11.3 Å². The monoisotopic (exact) mass is 278 g/mol. The number of esters is 1. The summed E-state index contributed by atoms with van der Waals surface area (Å²) in [5.41, 5.74) is 0.411. The van der Waals surface area contributed by atoms with Crippen molar-refractivity contribution in [1.29, 1.82) is 0 Å². The zero-order valence-corrected chi connectivity index (χ0v) is 11.5. The Labute approximate surface area is 114 Å². The smallest absolute Gasteiger partial charge is 0.322 e. The van der Waals surface area contributed by atoms with Crippen LogP contribution in [-0.2, 0) is 16.6 Å². The van der Waals surface area contributed by atoms with Crippen molar-refractivity contribution in [3.05, 3.63) is 40.3 Å². The van der Waals surface area contributed by atoms with Gasteiger partial charge in [0.15, 0.2) is 11.7 Å². The van der Waals surface area contributed by atoms with Crippen LogP contribution in [0.3, 0.4) is 0 Å². The van der Waals surface area contributed by atoms with E-state index in [1.165, 1.54) is 22.2 Å². The number of nitrogens with zero attached hydrogens (tertiary/aromatic N) is 2. The summed E-state index contributed by atoms with van der Waals surface area (Å²) in [5.74, 6) is -1.70. The van der Waals surface area contributed by atoms with Crippen molar-refractivity contribution in [2.24, 2.45) is 7.05 Å². The molecule has 2 rings (SSSR count). The molecule has 6 heteroatoms. The van der Waals surface area contributed by atoms with Crippen LogP contribution in [0.5, 0.6) is 0 Å². The summed E-state index contributed by atoms with van der Waals surface area (Å²) in [5, 5.41) is 5.79. The van der Waals surface area contributed by atoms with Crippen molar-refractivity contribution in [3.63, 3.8) is 0 Å². The van der Waals surface area contributed by atoms with E-state index >= 15 is 0 Å². The van der Waals surface area contributed by atoms with Crippen molar-refractivity contribution in [2.75, 3.05) is 6.61 Å². The summed E-state index contributed by atoms with van der Waals surface area (Å²) in [7, 11) is 1.72. The van der Waals surface area contributed by atoms with Crippen molar-refractivity contribution >= 4 is 23.1 Å². The highest BCUT2D eigenvalue weighted by atomic mass is 32.1. The van der Waals surface area contributed by atoms with Crippen LogP contribution in [0, 0.1) is 0 Å². The second-order valence-electron chi connectivity index (χ2n) is 3.97. The van der Waals surface area contributed by atoms with Gasteiger partial charge in [-0.3, -0.25) is 14.3 Å². The molecule has 0 aliphatic heterocycles. The van der Waals surface area contributed by atoms with Crippen LogP contribution >= 0.6 is 11.3 Å². The Kier molecular flexibility index (Phi) is 4.11. The van der Waals surface area contributed by atoms with E-state index in [1.807, 2.05) is 11.4 Å². The van der Waals surface area contributed by atoms with Gasteiger partial charge in [-0.2, -0.15) is 5.10 Å². The fourth-order valence-electron chi connectivity index (χ4n) is 1.75. The van der Waals surface area contributed by atoms with Gasteiger partial charge in [-0.25, -0.2) is 0 Å². The first-order chi connectivity index (χ1) is 9.13. The van der Waals surface area contributed by atoms with Crippen LogP contribution in [-0.4, -0.2) is 28.1 Å². The minimum atomic E-state index is -0.899. The Balaban J connectivity index is 2.32. The molecule has 0 saturated heterocycles. The Hall–Kier alpha value is -1.95. The summed E-state index contributed by atoms with van der Waals surface area (Å²) in [6.45, 7) is 1.97. The normalized spacial score (nSPS) is 12.1. The Morgan fingerprint density at radius 1 is 1.53 bits per heavy atom. The predicted octanol–water partition coefficient (Wildman–Crippen LogP) is 2.01. The summed E-state index contributed by atoms with van der Waals surface area (Å²) in [6, 6.07) is 3.57. The van der Waals surface area contributed by atoms with Gasteiger partial charge in [0.05, 0.1) is 18.4 Å². The third-order valence-corrected chi connectivity index (χ3v) is 3.54. The molecule has 0 amide bonds. The number of aryl methyl sites for hydroxylation is 1. The third-order valence-electron chi connectivity index (χ3n) is 2.60. The second-order valence-corrected chi connectivity index (χ2v) is 4.95. The fourth-order valence-corrected chi connectivity index (χ4v) is 2.56. The molecular formula is C13H14N2O3S. The quantitative estimate of drug-likeness (QED) is 0.477. The van der Waals surface area contributed by atoms with Crippen LogP contribution in [0.25, 0.3) is 0 Å².